The minimum absolute atomic E-state index is 0.0840. The summed E-state index contributed by atoms with van der Waals surface area (Å²) in [6, 6.07) is 12.0. The van der Waals surface area contributed by atoms with Crippen LogP contribution in [0.2, 0.25) is 0 Å². The highest BCUT2D eigenvalue weighted by atomic mass is 32.2. The normalized spacial score (nSPS) is 12.6. The first-order chi connectivity index (χ1) is 10.4. The second-order valence-corrected chi connectivity index (χ2v) is 6.93. The third kappa shape index (κ3) is 3.07. The van der Waals surface area contributed by atoms with Crippen LogP contribution in [0, 0.1) is 17.0 Å². The third-order valence-corrected chi connectivity index (χ3v) is 5.39. The molecule has 0 aliphatic rings. The molecule has 0 aromatic heterocycles. The molecule has 0 heterocycles. The van der Waals surface area contributed by atoms with Crippen LogP contribution in [0.4, 0.5) is 5.69 Å². The molecule has 0 N–H and O–H groups in total. The van der Waals surface area contributed by atoms with Gasteiger partial charge in [0.1, 0.15) is 5.25 Å². The molecule has 0 saturated carbocycles. The number of sulfone groups is 1. The predicted octanol–water partition coefficient (Wildman–Crippen LogP) is 3.60. The Bertz CT molecular complexity index is 793. The Morgan fingerprint density at radius 1 is 1.09 bits per heavy atom. The van der Waals surface area contributed by atoms with Crippen LogP contribution in [0.15, 0.2) is 66.1 Å². The van der Waals surface area contributed by atoms with Gasteiger partial charge in [-0.3, -0.25) is 10.1 Å². The van der Waals surface area contributed by atoms with Crippen molar-refractivity contribution in [1.29, 1.82) is 0 Å². The summed E-state index contributed by atoms with van der Waals surface area (Å²) in [4.78, 5) is 10.3. The van der Waals surface area contributed by atoms with Gasteiger partial charge in [0.15, 0.2) is 9.84 Å². The molecule has 0 radical (unpaired) electrons. The summed E-state index contributed by atoms with van der Waals surface area (Å²) in [5.74, 6) is 0. The van der Waals surface area contributed by atoms with E-state index in [9.17, 15) is 18.5 Å². The summed E-state index contributed by atoms with van der Waals surface area (Å²) in [6.45, 7) is 5.46. The molecule has 2 aromatic carbocycles. The number of hydrogen-bond acceptors (Lipinski definition) is 4. The number of non-ortho nitro benzene ring substituents is 1. The largest absolute Gasteiger partial charge is 0.269 e. The van der Waals surface area contributed by atoms with Crippen molar-refractivity contribution in [3.8, 4) is 0 Å². The minimum Gasteiger partial charge on any atom is -0.258 e. The van der Waals surface area contributed by atoms with Crippen LogP contribution in [0.5, 0.6) is 0 Å². The van der Waals surface area contributed by atoms with Gasteiger partial charge in [-0.05, 0) is 24.6 Å². The maximum atomic E-state index is 12.7. The molecular weight excluding hydrogens is 302 g/mol. The van der Waals surface area contributed by atoms with Gasteiger partial charge in [0.2, 0.25) is 0 Å². The highest BCUT2D eigenvalue weighted by molar-refractivity contribution is 7.91. The fourth-order valence-electron chi connectivity index (χ4n) is 2.10. The molecule has 2 aromatic rings. The Balaban J connectivity index is 2.44. The zero-order chi connectivity index (χ0) is 16.3. The van der Waals surface area contributed by atoms with E-state index in [2.05, 4.69) is 6.58 Å². The number of aryl methyl sites for hydroxylation is 1. The van der Waals surface area contributed by atoms with Crippen LogP contribution in [-0.2, 0) is 9.84 Å². The Labute approximate surface area is 129 Å². The van der Waals surface area contributed by atoms with Crippen molar-refractivity contribution in [2.75, 3.05) is 0 Å². The number of benzene rings is 2. The Hall–Kier alpha value is -2.47. The Kier molecular flexibility index (Phi) is 4.42. The van der Waals surface area contributed by atoms with E-state index < -0.39 is 20.0 Å². The summed E-state index contributed by atoms with van der Waals surface area (Å²) in [7, 11) is -3.64. The molecule has 0 bridgehead atoms. The van der Waals surface area contributed by atoms with E-state index in [1.165, 1.54) is 30.3 Å². The van der Waals surface area contributed by atoms with Crippen LogP contribution in [0.1, 0.15) is 16.4 Å². The van der Waals surface area contributed by atoms with Crippen molar-refractivity contribution in [3.63, 3.8) is 0 Å². The van der Waals surface area contributed by atoms with Gasteiger partial charge in [-0.1, -0.05) is 35.9 Å². The van der Waals surface area contributed by atoms with E-state index in [1.54, 1.807) is 24.3 Å². The molecule has 6 heteroatoms. The van der Waals surface area contributed by atoms with E-state index in [0.717, 1.165) is 5.56 Å². The van der Waals surface area contributed by atoms with Crippen LogP contribution in [-0.4, -0.2) is 13.3 Å². The third-order valence-electron chi connectivity index (χ3n) is 3.33. The van der Waals surface area contributed by atoms with Crippen molar-refractivity contribution in [1.82, 2.24) is 0 Å². The maximum Gasteiger partial charge on any atom is 0.269 e. The van der Waals surface area contributed by atoms with E-state index in [4.69, 9.17) is 0 Å². The van der Waals surface area contributed by atoms with Gasteiger partial charge in [0, 0.05) is 12.1 Å². The topological polar surface area (TPSA) is 77.3 Å². The van der Waals surface area contributed by atoms with E-state index in [0.29, 0.717) is 5.56 Å². The first-order valence-electron chi connectivity index (χ1n) is 6.53. The van der Waals surface area contributed by atoms with Gasteiger partial charge in [-0.15, -0.1) is 6.58 Å². The summed E-state index contributed by atoms with van der Waals surface area (Å²) in [5.41, 5.74) is 1.32. The van der Waals surface area contributed by atoms with Crippen LogP contribution < -0.4 is 0 Å². The van der Waals surface area contributed by atoms with E-state index in [1.807, 2.05) is 6.92 Å². The molecule has 114 valence electrons. The van der Waals surface area contributed by atoms with Gasteiger partial charge >= 0.3 is 0 Å². The van der Waals surface area contributed by atoms with Gasteiger partial charge < -0.3 is 0 Å². The van der Waals surface area contributed by atoms with E-state index in [-0.39, 0.29) is 10.6 Å². The molecule has 0 saturated heterocycles. The van der Waals surface area contributed by atoms with Gasteiger partial charge in [0.25, 0.3) is 5.69 Å². The van der Waals surface area contributed by atoms with Crippen molar-refractivity contribution in [2.45, 2.75) is 17.1 Å². The molecule has 0 spiro atoms. The average Bonchev–Trinajstić information content (AvgIpc) is 2.48. The van der Waals surface area contributed by atoms with Gasteiger partial charge in [-0.25, -0.2) is 8.42 Å². The number of nitrogens with zero attached hydrogens (tertiary/aromatic N) is 1. The number of hydrogen-bond donors (Lipinski definition) is 0. The zero-order valence-corrected chi connectivity index (χ0v) is 12.8. The van der Waals surface area contributed by atoms with Crippen LogP contribution in [0.3, 0.4) is 0 Å². The second kappa shape index (κ2) is 6.11. The van der Waals surface area contributed by atoms with Gasteiger partial charge in [0.05, 0.1) is 9.82 Å². The molecule has 0 fully saturated rings. The van der Waals surface area contributed by atoms with Crippen LogP contribution in [0.25, 0.3) is 0 Å². The molecule has 1 atom stereocenters. The zero-order valence-electron chi connectivity index (χ0n) is 12.0. The molecule has 22 heavy (non-hydrogen) atoms. The first kappa shape index (κ1) is 15.9. The van der Waals surface area contributed by atoms with Crippen molar-refractivity contribution >= 4 is 15.5 Å². The minimum atomic E-state index is -3.64. The van der Waals surface area contributed by atoms with Crippen molar-refractivity contribution in [3.05, 3.63) is 82.4 Å². The highest BCUT2D eigenvalue weighted by Gasteiger charge is 2.26. The van der Waals surface area contributed by atoms with Crippen molar-refractivity contribution in [2.24, 2.45) is 0 Å². The number of rotatable bonds is 5. The monoisotopic (exact) mass is 317 g/mol. The SMILES string of the molecule is C=CC(c1ccc([N+](=O)[O-])cc1)S(=O)(=O)c1ccc(C)cc1. The molecule has 0 aliphatic heterocycles. The molecule has 5 nitrogen and oxygen atoms in total. The lowest BCUT2D eigenvalue weighted by atomic mass is 10.1. The summed E-state index contributed by atoms with van der Waals surface area (Å²) in [5, 5.41) is 9.72. The highest BCUT2D eigenvalue weighted by Crippen LogP contribution is 2.30. The maximum absolute atomic E-state index is 12.7. The fourth-order valence-corrected chi connectivity index (χ4v) is 3.68. The standard InChI is InChI=1S/C16H15NO4S/c1-3-16(13-6-8-14(9-7-13)17(18)19)22(20,21)15-10-4-12(2)5-11-15/h3-11,16H,1H2,2H3. The molecule has 0 amide bonds. The first-order valence-corrected chi connectivity index (χ1v) is 8.08. The molecular formula is C16H15NO4S. The predicted molar refractivity (Wildman–Crippen MR) is 84.4 cm³/mol. The average molecular weight is 317 g/mol. The number of nitro groups is 1. The smallest absolute Gasteiger partial charge is 0.258 e. The summed E-state index contributed by atoms with van der Waals surface area (Å²) < 4.78 is 25.4. The molecule has 1 unspecified atom stereocenters. The number of nitro benzene ring substituents is 1. The lowest BCUT2D eigenvalue weighted by molar-refractivity contribution is -0.384. The van der Waals surface area contributed by atoms with E-state index >= 15 is 0 Å². The summed E-state index contributed by atoms with van der Waals surface area (Å²) >= 11 is 0. The Morgan fingerprint density at radius 3 is 2.09 bits per heavy atom. The summed E-state index contributed by atoms with van der Waals surface area (Å²) in [6.07, 6.45) is 1.33. The Morgan fingerprint density at radius 2 is 1.64 bits per heavy atom. The quantitative estimate of drug-likeness (QED) is 0.479. The lowest BCUT2D eigenvalue weighted by Gasteiger charge is -2.14. The fraction of sp³-hybridized carbons (Fsp3) is 0.125. The molecule has 2 rings (SSSR count). The van der Waals surface area contributed by atoms with Crippen LogP contribution >= 0.6 is 0 Å². The van der Waals surface area contributed by atoms with Gasteiger partial charge in [-0.2, -0.15) is 0 Å². The van der Waals surface area contributed by atoms with Crippen molar-refractivity contribution < 1.29 is 13.3 Å². The molecule has 0 aliphatic carbocycles. The second-order valence-electron chi connectivity index (χ2n) is 4.86. The lowest BCUT2D eigenvalue weighted by Crippen LogP contribution is -2.11.